The van der Waals surface area contributed by atoms with Gasteiger partial charge in [-0.2, -0.15) is 0 Å². The Morgan fingerprint density at radius 3 is 2.65 bits per heavy atom. The molecular weight excluding hydrogens is 321 g/mol. The molecule has 4 N–H and O–H groups in total. The van der Waals surface area contributed by atoms with Gasteiger partial charge in [0.25, 0.3) is 0 Å². The third kappa shape index (κ3) is 1.95. The molecular formula is C14H9ClFN7. The van der Waals surface area contributed by atoms with Crippen LogP contribution < -0.4 is 11.5 Å². The first-order valence-corrected chi connectivity index (χ1v) is 6.93. The molecule has 0 bridgehead atoms. The van der Waals surface area contributed by atoms with Crippen molar-refractivity contribution in [3.05, 3.63) is 41.6 Å². The van der Waals surface area contributed by atoms with Crippen molar-refractivity contribution >= 4 is 40.0 Å². The lowest BCUT2D eigenvalue weighted by Gasteiger charge is -2.02. The number of hydrogen-bond acceptors (Lipinski definition) is 6. The average molecular weight is 330 g/mol. The predicted octanol–water partition coefficient (Wildman–Crippen LogP) is 2.30. The van der Waals surface area contributed by atoms with Crippen molar-refractivity contribution in [1.82, 2.24) is 24.3 Å². The number of nitrogen functional groups attached to an aromatic ring is 2. The topological polar surface area (TPSA) is 108 Å². The molecule has 0 aliphatic carbocycles. The molecule has 4 heterocycles. The zero-order valence-electron chi connectivity index (χ0n) is 11.5. The van der Waals surface area contributed by atoms with E-state index < -0.39 is 5.82 Å². The van der Waals surface area contributed by atoms with Gasteiger partial charge in [-0.15, -0.1) is 0 Å². The SMILES string of the molecule is Nc1nccc(-c2c3cc(F)c(Cl)nc3n3c(N)nccc23)n1. The fourth-order valence-corrected chi connectivity index (χ4v) is 2.72. The smallest absolute Gasteiger partial charge is 0.220 e. The summed E-state index contributed by atoms with van der Waals surface area (Å²) in [5, 5.41) is 0.263. The van der Waals surface area contributed by atoms with E-state index in [1.54, 1.807) is 22.7 Å². The van der Waals surface area contributed by atoms with Crippen LogP contribution in [-0.4, -0.2) is 24.3 Å². The van der Waals surface area contributed by atoms with Gasteiger partial charge in [-0.25, -0.2) is 24.3 Å². The van der Waals surface area contributed by atoms with Gasteiger partial charge in [0.1, 0.15) is 5.65 Å². The Labute approximate surface area is 133 Å². The van der Waals surface area contributed by atoms with Gasteiger partial charge in [-0.3, -0.25) is 4.40 Å². The van der Waals surface area contributed by atoms with Crippen molar-refractivity contribution in [3.63, 3.8) is 0 Å². The molecule has 4 rings (SSSR count). The number of halogens is 2. The Hall–Kier alpha value is -3.00. The van der Waals surface area contributed by atoms with Gasteiger partial charge >= 0.3 is 0 Å². The van der Waals surface area contributed by atoms with E-state index in [0.29, 0.717) is 27.8 Å². The number of aromatic nitrogens is 5. The van der Waals surface area contributed by atoms with Crippen molar-refractivity contribution < 1.29 is 4.39 Å². The van der Waals surface area contributed by atoms with E-state index in [-0.39, 0.29) is 17.0 Å². The van der Waals surface area contributed by atoms with Gasteiger partial charge in [-0.05, 0) is 18.2 Å². The number of anilines is 2. The van der Waals surface area contributed by atoms with E-state index >= 15 is 0 Å². The van der Waals surface area contributed by atoms with Crippen LogP contribution in [0.1, 0.15) is 0 Å². The highest BCUT2D eigenvalue weighted by molar-refractivity contribution is 6.30. The summed E-state index contributed by atoms with van der Waals surface area (Å²) in [5.74, 6) is -0.319. The Kier molecular flexibility index (Phi) is 2.82. The molecule has 9 heteroatoms. The van der Waals surface area contributed by atoms with E-state index in [1.807, 2.05) is 0 Å². The van der Waals surface area contributed by atoms with Crippen LogP contribution in [0.5, 0.6) is 0 Å². The number of fused-ring (bicyclic) bond motifs is 3. The van der Waals surface area contributed by atoms with Crippen molar-refractivity contribution in [2.75, 3.05) is 11.5 Å². The second-order valence-corrected chi connectivity index (χ2v) is 5.19. The zero-order valence-corrected chi connectivity index (χ0v) is 12.3. The summed E-state index contributed by atoms with van der Waals surface area (Å²) in [6, 6.07) is 4.70. The standard InChI is InChI=1S/C14H9ClFN7/c15-11-7(16)5-6-10(8-1-3-19-13(17)21-8)9-2-4-20-14(18)23(9)12(6)22-11/h1-5H,(H2,18,20)(H2,17,19,21). The zero-order chi connectivity index (χ0) is 16.1. The molecule has 0 amide bonds. The summed E-state index contributed by atoms with van der Waals surface area (Å²) in [7, 11) is 0. The summed E-state index contributed by atoms with van der Waals surface area (Å²) in [6.07, 6.45) is 3.08. The Morgan fingerprint density at radius 2 is 1.87 bits per heavy atom. The van der Waals surface area contributed by atoms with Gasteiger partial charge in [0.15, 0.2) is 11.0 Å². The molecule has 4 aromatic heterocycles. The molecule has 0 aromatic carbocycles. The summed E-state index contributed by atoms with van der Waals surface area (Å²) in [6.45, 7) is 0. The molecule has 4 aromatic rings. The maximum Gasteiger partial charge on any atom is 0.220 e. The maximum atomic E-state index is 13.9. The highest BCUT2D eigenvalue weighted by Gasteiger charge is 2.19. The second kappa shape index (κ2) is 4.75. The molecule has 0 saturated carbocycles. The largest absolute Gasteiger partial charge is 0.369 e. The Balaban J connectivity index is 2.25. The minimum absolute atomic E-state index is 0.111. The van der Waals surface area contributed by atoms with E-state index in [2.05, 4.69) is 19.9 Å². The van der Waals surface area contributed by atoms with Crippen molar-refractivity contribution in [1.29, 1.82) is 0 Å². The molecule has 114 valence electrons. The molecule has 23 heavy (non-hydrogen) atoms. The van der Waals surface area contributed by atoms with Crippen LogP contribution in [0.25, 0.3) is 27.8 Å². The van der Waals surface area contributed by atoms with Crippen LogP contribution in [0.3, 0.4) is 0 Å². The fourth-order valence-electron chi connectivity index (χ4n) is 2.59. The number of hydrogen-bond donors (Lipinski definition) is 2. The third-order valence-corrected chi connectivity index (χ3v) is 3.76. The lowest BCUT2D eigenvalue weighted by atomic mass is 10.1. The van der Waals surface area contributed by atoms with E-state index in [4.69, 9.17) is 23.1 Å². The monoisotopic (exact) mass is 329 g/mol. The summed E-state index contributed by atoms with van der Waals surface area (Å²) in [5.41, 5.74) is 13.8. The number of pyridine rings is 1. The highest BCUT2D eigenvalue weighted by Crippen LogP contribution is 2.36. The minimum atomic E-state index is -0.634. The van der Waals surface area contributed by atoms with E-state index in [1.165, 1.54) is 12.3 Å². The number of nitrogens with two attached hydrogens (primary N) is 2. The van der Waals surface area contributed by atoms with Crippen LogP contribution >= 0.6 is 11.6 Å². The molecule has 0 unspecified atom stereocenters. The van der Waals surface area contributed by atoms with Crippen LogP contribution in [0.2, 0.25) is 5.15 Å². The third-order valence-electron chi connectivity index (χ3n) is 3.49. The normalized spacial score (nSPS) is 11.4. The van der Waals surface area contributed by atoms with Crippen LogP contribution in [-0.2, 0) is 0 Å². The maximum absolute atomic E-state index is 13.9. The lowest BCUT2D eigenvalue weighted by molar-refractivity contribution is 0.624. The number of rotatable bonds is 1. The van der Waals surface area contributed by atoms with Gasteiger partial charge in [0.2, 0.25) is 11.9 Å². The van der Waals surface area contributed by atoms with Crippen molar-refractivity contribution in [2.45, 2.75) is 0 Å². The Bertz CT molecular complexity index is 1080. The van der Waals surface area contributed by atoms with Crippen LogP contribution in [0.15, 0.2) is 30.6 Å². The first-order chi connectivity index (χ1) is 11.1. The molecule has 0 spiro atoms. The molecule has 0 saturated heterocycles. The average Bonchev–Trinajstić information content (AvgIpc) is 2.82. The molecule has 0 fully saturated rings. The van der Waals surface area contributed by atoms with Crippen molar-refractivity contribution in [3.8, 4) is 11.3 Å². The molecule has 0 aliphatic heterocycles. The minimum Gasteiger partial charge on any atom is -0.369 e. The van der Waals surface area contributed by atoms with Gasteiger partial charge in [0.05, 0.1) is 11.2 Å². The van der Waals surface area contributed by atoms with E-state index in [0.717, 1.165) is 0 Å². The first kappa shape index (κ1) is 13.6. The predicted molar refractivity (Wildman–Crippen MR) is 85.3 cm³/mol. The first-order valence-electron chi connectivity index (χ1n) is 6.56. The number of nitrogens with zero attached hydrogens (tertiary/aromatic N) is 5. The fraction of sp³-hybridized carbons (Fsp3) is 0. The molecule has 0 radical (unpaired) electrons. The Morgan fingerprint density at radius 1 is 1.09 bits per heavy atom. The lowest BCUT2D eigenvalue weighted by Crippen LogP contribution is -2.00. The quantitative estimate of drug-likeness (QED) is 0.519. The van der Waals surface area contributed by atoms with Gasteiger partial charge < -0.3 is 11.5 Å². The molecule has 0 aliphatic rings. The molecule has 0 atom stereocenters. The summed E-state index contributed by atoms with van der Waals surface area (Å²) < 4.78 is 15.5. The highest BCUT2D eigenvalue weighted by atomic mass is 35.5. The second-order valence-electron chi connectivity index (χ2n) is 4.83. The summed E-state index contributed by atoms with van der Waals surface area (Å²) in [4.78, 5) is 16.2. The van der Waals surface area contributed by atoms with Crippen LogP contribution in [0.4, 0.5) is 16.3 Å². The van der Waals surface area contributed by atoms with Crippen molar-refractivity contribution in [2.24, 2.45) is 0 Å². The van der Waals surface area contributed by atoms with Gasteiger partial charge in [-0.1, -0.05) is 11.6 Å². The van der Waals surface area contributed by atoms with E-state index in [9.17, 15) is 4.39 Å². The molecule has 7 nitrogen and oxygen atoms in total. The van der Waals surface area contributed by atoms with Crippen LogP contribution in [0, 0.1) is 5.82 Å². The van der Waals surface area contributed by atoms with Gasteiger partial charge in [0, 0.05) is 23.3 Å². The summed E-state index contributed by atoms with van der Waals surface area (Å²) >= 11 is 5.81.